The Morgan fingerprint density at radius 3 is 1.04 bits per heavy atom. The minimum absolute atomic E-state index is 0.486. The second-order valence-corrected chi connectivity index (χ2v) is 12.5. The Labute approximate surface area is 291 Å². The number of benzene rings is 6. The van der Waals surface area contributed by atoms with Crippen molar-refractivity contribution < 1.29 is 0 Å². The minimum Gasteiger partial charge on any atom is -0.296 e. The maximum absolute atomic E-state index is 4.03. The van der Waals surface area contributed by atoms with Gasteiger partial charge in [0.15, 0.2) is 0 Å². The van der Waals surface area contributed by atoms with Gasteiger partial charge in [0.25, 0.3) is 0 Å². The monoisotopic (exact) mass is 634 g/mol. The fraction of sp³-hybridized carbons (Fsp3) is 0.106. The minimum atomic E-state index is -0.492. The molecule has 49 heavy (non-hydrogen) atoms. The van der Waals surface area contributed by atoms with Gasteiger partial charge in [0.1, 0.15) is 0 Å². The maximum atomic E-state index is 4.03. The predicted molar refractivity (Wildman–Crippen MR) is 204 cm³/mol. The summed E-state index contributed by atoms with van der Waals surface area (Å²) < 4.78 is 0. The lowest BCUT2D eigenvalue weighted by molar-refractivity contribution is 0.496. The van der Waals surface area contributed by atoms with Crippen LogP contribution in [0.1, 0.15) is 39.8 Å². The molecule has 1 aliphatic carbocycles. The zero-order valence-electron chi connectivity index (χ0n) is 27.8. The Morgan fingerprint density at radius 1 is 0.408 bits per heavy atom. The SMILES string of the molecule is C1=CC(CNC(c2ccccc2)(c2ccccc2)c2ccccc2)=CCC1=CCNC(c1ccccc1)(c1ccccc1)c1ccccc1. The zero-order valence-corrected chi connectivity index (χ0v) is 27.8. The van der Waals surface area contributed by atoms with Crippen LogP contribution in [0.3, 0.4) is 0 Å². The Hall–Kier alpha value is -5.54. The highest BCUT2D eigenvalue weighted by atomic mass is 15.0. The van der Waals surface area contributed by atoms with Crippen LogP contribution >= 0.6 is 0 Å². The fourth-order valence-corrected chi connectivity index (χ4v) is 7.19. The summed E-state index contributed by atoms with van der Waals surface area (Å²) >= 11 is 0. The van der Waals surface area contributed by atoms with Crippen molar-refractivity contribution in [2.45, 2.75) is 17.5 Å². The zero-order chi connectivity index (χ0) is 33.2. The van der Waals surface area contributed by atoms with Crippen LogP contribution in [0.25, 0.3) is 0 Å². The van der Waals surface area contributed by atoms with Crippen LogP contribution < -0.4 is 10.6 Å². The average molecular weight is 635 g/mol. The first-order valence-electron chi connectivity index (χ1n) is 17.2. The van der Waals surface area contributed by atoms with E-state index in [-0.39, 0.29) is 0 Å². The van der Waals surface area contributed by atoms with E-state index in [0.717, 1.165) is 19.5 Å². The van der Waals surface area contributed by atoms with E-state index < -0.39 is 11.1 Å². The lowest BCUT2D eigenvalue weighted by atomic mass is 9.76. The lowest BCUT2D eigenvalue weighted by Crippen LogP contribution is -2.45. The Morgan fingerprint density at radius 2 is 0.735 bits per heavy atom. The van der Waals surface area contributed by atoms with Crippen LogP contribution in [-0.4, -0.2) is 13.1 Å². The molecular weight excluding hydrogens is 593 g/mol. The Bertz CT molecular complexity index is 1800. The van der Waals surface area contributed by atoms with Crippen molar-refractivity contribution in [3.8, 4) is 0 Å². The van der Waals surface area contributed by atoms with Crippen molar-refractivity contribution >= 4 is 0 Å². The molecule has 2 nitrogen and oxygen atoms in total. The molecule has 0 saturated heterocycles. The lowest BCUT2D eigenvalue weighted by Gasteiger charge is -2.37. The number of nitrogens with one attached hydrogen (secondary N) is 2. The third-order valence-electron chi connectivity index (χ3n) is 9.64. The van der Waals surface area contributed by atoms with Crippen LogP contribution in [0.2, 0.25) is 0 Å². The highest BCUT2D eigenvalue weighted by Crippen LogP contribution is 2.38. The van der Waals surface area contributed by atoms with E-state index in [2.05, 4.69) is 217 Å². The largest absolute Gasteiger partial charge is 0.296 e. The van der Waals surface area contributed by atoms with Gasteiger partial charge in [0.2, 0.25) is 0 Å². The molecule has 0 heterocycles. The highest BCUT2D eigenvalue weighted by molar-refractivity contribution is 5.51. The molecule has 2 N–H and O–H groups in total. The predicted octanol–water partition coefficient (Wildman–Crippen LogP) is 9.96. The van der Waals surface area contributed by atoms with Gasteiger partial charge in [-0.25, -0.2) is 0 Å². The van der Waals surface area contributed by atoms with E-state index in [4.69, 9.17) is 0 Å². The third-order valence-corrected chi connectivity index (χ3v) is 9.64. The first-order chi connectivity index (χ1) is 24.3. The van der Waals surface area contributed by atoms with Crippen molar-refractivity contribution in [1.29, 1.82) is 0 Å². The molecule has 1 aliphatic rings. The van der Waals surface area contributed by atoms with E-state index in [1.54, 1.807) is 0 Å². The van der Waals surface area contributed by atoms with E-state index in [9.17, 15) is 0 Å². The van der Waals surface area contributed by atoms with Crippen molar-refractivity contribution in [2.75, 3.05) is 13.1 Å². The number of hydrogen-bond acceptors (Lipinski definition) is 2. The third kappa shape index (κ3) is 6.75. The molecule has 0 fully saturated rings. The van der Waals surface area contributed by atoms with Gasteiger partial charge in [-0.1, -0.05) is 206 Å². The summed E-state index contributed by atoms with van der Waals surface area (Å²) in [5.41, 5.74) is 8.93. The van der Waals surface area contributed by atoms with Crippen molar-refractivity contribution in [2.24, 2.45) is 0 Å². The first kappa shape index (κ1) is 32.0. The van der Waals surface area contributed by atoms with Crippen LogP contribution in [0.4, 0.5) is 0 Å². The van der Waals surface area contributed by atoms with E-state index >= 15 is 0 Å². The molecule has 0 aliphatic heterocycles. The molecule has 240 valence electrons. The van der Waals surface area contributed by atoms with E-state index in [0.29, 0.717) is 0 Å². The van der Waals surface area contributed by atoms with Gasteiger partial charge >= 0.3 is 0 Å². The van der Waals surface area contributed by atoms with E-state index in [1.165, 1.54) is 44.5 Å². The normalized spacial score (nSPS) is 14.0. The van der Waals surface area contributed by atoms with Gasteiger partial charge in [-0.3, -0.25) is 10.6 Å². The van der Waals surface area contributed by atoms with Gasteiger partial charge in [0, 0.05) is 13.1 Å². The fourth-order valence-electron chi connectivity index (χ4n) is 7.19. The van der Waals surface area contributed by atoms with Crippen molar-refractivity contribution in [3.63, 3.8) is 0 Å². The molecule has 0 radical (unpaired) electrons. The summed E-state index contributed by atoms with van der Waals surface area (Å²) in [6.45, 7) is 1.46. The van der Waals surface area contributed by atoms with Crippen LogP contribution in [0, 0.1) is 0 Å². The second kappa shape index (κ2) is 15.1. The summed E-state index contributed by atoms with van der Waals surface area (Å²) in [7, 11) is 0. The van der Waals surface area contributed by atoms with Crippen LogP contribution in [0.15, 0.2) is 217 Å². The average Bonchev–Trinajstić information content (AvgIpc) is 3.20. The molecule has 0 spiro atoms. The number of hydrogen-bond donors (Lipinski definition) is 2. The molecule has 0 atom stereocenters. The van der Waals surface area contributed by atoms with Gasteiger partial charge < -0.3 is 0 Å². The van der Waals surface area contributed by atoms with Crippen LogP contribution in [-0.2, 0) is 11.1 Å². The van der Waals surface area contributed by atoms with Gasteiger partial charge in [0.05, 0.1) is 11.1 Å². The Balaban J connectivity index is 1.13. The van der Waals surface area contributed by atoms with Gasteiger partial charge in [-0.05, 0) is 50.9 Å². The standard InChI is InChI=1S/C47H42N2/c1-7-19-40(20-8-1)46(41-21-9-2-10-22-41,42-23-11-3-12-24-42)48-36-35-38-31-33-39(34-32-38)37-49-47(43-25-13-4-14-26-43,44-27-15-5-16-28-44)45-29-17-6-18-30-45/h1-31,33-35,48-49H,32,36-37H2. The quantitative estimate of drug-likeness (QED) is 0.131. The molecule has 2 heteroatoms. The molecule has 0 aromatic heterocycles. The van der Waals surface area contributed by atoms with Gasteiger partial charge in [-0.15, -0.1) is 0 Å². The molecule has 0 amide bonds. The summed E-state index contributed by atoms with van der Waals surface area (Å²) in [6.07, 6.45) is 10.1. The molecule has 0 saturated carbocycles. The summed E-state index contributed by atoms with van der Waals surface area (Å²) in [5, 5.41) is 8.03. The number of rotatable bonds is 12. The van der Waals surface area contributed by atoms with Gasteiger partial charge in [-0.2, -0.15) is 0 Å². The summed E-state index contributed by atoms with van der Waals surface area (Å²) in [6, 6.07) is 64.8. The molecule has 6 aromatic carbocycles. The molecule has 7 rings (SSSR count). The van der Waals surface area contributed by atoms with E-state index in [1.807, 2.05) is 0 Å². The first-order valence-corrected chi connectivity index (χ1v) is 17.2. The molecular formula is C47H42N2. The smallest absolute Gasteiger partial charge is 0.0950 e. The highest BCUT2D eigenvalue weighted by Gasteiger charge is 2.37. The van der Waals surface area contributed by atoms with Crippen molar-refractivity contribution in [3.05, 3.63) is 251 Å². The van der Waals surface area contributed by atoms with Crippen molar-refractivity contribution in [1.82, 2.24) is 10.6 Å². The molecule has 0 bridgehead atoms. The summed E-state index contributed by atoms with van der Waals surface area (Å²) in [5.74, 6) is 0. The number of allylic oxidation sites excluding steroid dienone is 3. The van der Waals surface area contributed by atoms with Crippen LogP contribution in [0.5, 0.6) is 0 Å². The Kier molecular flexibility index (Phi) is 9.89. The maximum Gasteiger partial charge on any atom is 0.0950 e. The molecule has 0 unspecified atom stereocenters. The summed E-state index contributed by atoms with van der Waals surface area (Å²) in [4.78, 5) is 0. The topological polar surface area (TPSA) is 24.1 Å². The molecule has 6 aromatic rings. The second-order valence-electron chi connectivity index (χ2n) is 12.5.